The highest BCUT2D eigenvalue weighted by molar-refractivity contribution is 14.0. The van der Waals surface area contributed by atoms with Gasteiger partial charge in [-0.3, -0.25) is 9.79 Å². The number of nitrogens with one attached hydrogen (secondary N) is 3. The monoisotopic (exact) mass is 436 g/mol. The molecular formula is C17H33IN4O. The molecule has 0 bridgehead atoms. The van der Waals surface area contributed by atoms with Crippen molar-refractivity contribution in [3.05, 3.63) is 0 Å². The average molecular weight is 436 g/mol. The first-order chi connectivity index (χ1) is 10.7. The van der Waals surface area contributed by atoms with Crippen LogP contribution in [0, 0.1) is 5.92 Å². The summed E-state index contributed by atoms with van der Waals surface area (Å²) in [7, 11) is 0. The second kappa shape index (κ2) is 11.1. The number of hydrogen-bond acceptors (Lipinski definition) is 2. The predicted molar refractivity (Wildman–Crippen MR) is 106 cm³/mol. The quantitative estimate of drug-likeness (QED) is 0.249. The highest BCUT2D eigenvalue weighted by Crippen LogP contribution is 2.23. The Morgan fingerprint density at radius 1 is 1.04 bits per heavy atom. The topological polar surface area (TPSA) is 65.5 Å². The minimum absolute atomic E-state index is 0. The van der Waals surface area contributed by atoms with Gasteiger partial charge in [-0.05, 0) is 57.8 Å². The fourth-order valence-corrected chi connectivity index (χ4v) is 2.88. The summed E-state index contributed by atoms with van der Waals surface area (Å²) in [4.78, 5) is 16.2. The first kappa shape index (κ1) is 20.5. The van der Waals surface area contributed by atoms with Crippen LogP contribution in [0.15, 0.2) is 4.99 Å². The summed E-state index contributed by atoms with van der Waals surface area (Å²) in [6.07, 6.45) is 8.77. The standard InChI is InChI=1S/C17H32N4O.HI/c1-3-18-17(21-15-8-6-13(2)7-9-15)19-12-4-5-16(22)20-14-10-11-14;/h13-15H,3-12H2,1-2H3,(H,20,22)(H2,18,19,21);1H. The summed E-state index contributed by atoms with van der Waals surface area (Å²) in [6.45, 7) is 6.00. The van der Waals surface area contributed by atoms with Crippen molar-refractivity contribution in [1.29, 1.82) is 0 Å². The smallest absolute Gasteiger partial charge is 0.220 e. The molecule has 0 atom stereocenters. The highest BCUT2D eigenvalue weighted by atomic mass is 127. The molecule has 2 rings (SSSR count). The largest absolute Gasteiger partial charge is 0.357 e. The molecule has 23 heavy (non-hydrogen) atoms. The fourth-order valence-electron chi connectivity index (χ4n) is 2.88. The lowest BCUT2D eigenvalue weighted by Crippen LogP contribution is -2.44. The van der Waals surface area contributed by atoms with Crippen molar-refractivity contribution in [2.75, 3.05) is 13.1 Å². The first-order valence-electron chi connectivity index (χ1n) is 9.01. The van der Waals surface area contributed by atoms with Crippen LogP contribution in [0.3, 0.4) is 0 Å². The molecule has 0 aromatic rings. The van der Waals surface area contributed by atoms with Gasteiger partial charge in [0.15, 0.2) is 5.96 Å². The third-order valence-electron chi connectivity index (χ3n) is 4.48. The summed E-state index contributed by atoms with van der Waals surface area (Å²) >= 11 is 0. The molecule has 3 N–H and O–H groups in total. The van der Waals surface area contributed by atoms with Crippen LogP contribution in [-0.4, -0.2) is 37.0 Å². The second-order valence-corrected chi connectivity index (χ2v) is 6.81. The normalized spacial score (nSPS) is 24.5. The van der Waals surface area contributed by atoms with Crippen LogP contribution in [0.25, 0.3) is 0 Å². The minimum Gasteiger partial charge on any atom is -0.357 e. The molecule has 0 unspecified atom stereocenters. The molecule has 0 heterocycles. The maximum absolute atomic E-state index is 11.6. The van der Waals surface area contributed by atoms with Gasteiger partial charge in [-0.2, -0.15) is 0 Å². The Morgan fingerprint density at radius 3 is 2.26 bits per heavy atom. The molecule has 134 valence electrons. The van der Waals surface area contributed by atoms with Gasteiger partial charge < -0.3 is 16.0 Å². The van der Waals surface area contributed by atoms with Crippen LogP contribution in [0.2, 0.25) is 0 Å². The van der Waals surface area contributed by atoms with Gasteiger partial charge in [0.1, 0.15) is 0 Å². The second-order valence-electron chi connectivity index (χ2n) is 6.81. The van der Waals surface area contributed by atoms with E-state index in [0.29, 0.717) is 25.0 Å². The average Bonchev–Trinajstić information content (AvgIpc) is 3.30. The molecule has 2 aliphatic carbocycles. The van der Waals surface area contributed by atoms with Crippen molar-refractivity contribution in [2.24, 2.45) is 10.9 Å². The van der Waals surface area contributed by atoms with E-state index in [1.807, 2.05) is 0 Å². The SMILES string of the molecule is CCNC(=NCCCC(=O)NC1CC1)NC1CCC(C)CC1.I. The van der Waals surface area contributed by atoms with E-state index in [0.717, 1.165) is 37.7 Å². The van der Waals surface area contributed by atoms with E-state index in [2.05, 4.69) is 34.8 Å². The van der Waals surface area contributed by atoms with Crippen molar-refractivity contribution < 1.29 is 4.79 Å². The van der Waals surface area contributed by atoms with E-state index in [9.17, 15) is 4.79 Å². The summed E-state index contributed by atoms with van der Waals surface area (Å²) in [6, 6.07) is 1.01. The molecule has 2 aliphatic rings. The zero-order chi connectivity index (χ0) is 15.8. The maximum Gasteiger partial charge on any atom is 0.220 e. The van der Waals surface area contributed by atoms with E-state index in [1.165, 1.54) is 25.7 Å². The molecule has 2 fully saturated rings. The Morgan fingerprint density at radius 2 is 1.65 bits per heavy atom. The summed E-state index contributed by atoms with van der Waals surface area (Å²) in [5.41, 5.74) is 0. The molecule has 2 saturated carbocycles. The molecule has 0 aliphatic heterocycles. The van der Waals surface area contributed by atoms with Crippen molar-refractivity contribution in [2.45, 2.75) is 77.3 Å². The zero-order valence-corrected chi connectivity index (χ0v) is 16.9. The number of carbonyl (C=O) groups is 1. The molecule has 0 spiro atoms. The summed E-state index contributed by atoms with van der Waals surface area (Å²) < 4.78 is 0. The number of hydrogen-bond donors (Lipinski definition) is 3. The lowest BCUT2D eigenvalue weighted by Gasteiger charge is -2.28. The van der Waals surface area contributed by atoms with E-state index in [4.69, 9.17) is 0 Å². The van der Waals surface area contributed by atoms with Crippen LogP contribution in [0.1, 0.15) is 65.2 Å². The van der Waals surface area contributed by atoms with Gasteiger partial charge in [0, 0.05) is 31.6 Å². The molecular weight excluding hydrogens is 403 g/mol. The number of rotatable bonds is 7. The van der Waals surface area contributed by atoms with Crippen LogP contribution in [0.5, 0.6) is 0 Å². The van der Waals surface area contributed by atoms with Crippen LogP contribution in [0.4, 0.5) is 0 Å². The number of aliphatic imine (C=N–C) groups is 1. The van der Waals surface area contributed by atoms with Crippen LogP contribution < -0.4 is 16.0 Å². The van der Waals surface area contributed by atoms with Crippen LogP contribution >= 0.6 is 24.0 Å². The molecule has 6 heteroatoms. The van der Waals surface area contributed by atoms with Gasteiger partial charge in [-0.15, -0.1) is 24.0 Å². The fraction of sp³-hybridized carbons (Fsp3) is 0.882. The maximum atomic E-state index is 11.6. The van der Waals surface area contributed by atoms with Crippen molar-refractivity contribution in [3.8, 4) is 0 Å². The van der Waals surface area contributed by atoms with Gasteiger partial charge in [-0.25, -0.2) is 0 Å². The molecule has 0 saturated heterocycles. The Hall–Kier alpha value is -0.530. The zero-order valence-electron chi connectivity index (χ0n) is 14.6. The Kier molecular flexibility index (Phi) is 9.90. The van der Waals surface area contributed by atoms with Gasteiger partial charge in [-0.1, -0.05) is 6.92 Å². The minimum atomic E-state index is 0. The van der Waals surface area contributed by atoms with E-state index < -0.39 is 0 Å². The summed E-state index contributed by atoms with van der Waals surface area (Å²) in [5, 5.41) is 9.87. The van der Waals surface area contributed by atoms with E-state index >= 15 is 0 Å². The highest BCUT2D eigenvalue weighted by Gasteiger charge is 2.22. The van der Waals surface area contributed by atoms with Gasteiger partial charge in [0.2, 0.25) is 5.91 Å². The third-order valence-corrected chi connectivity index (χ3v) is 4.48. The van der Waals surface area contributed by atoms with Gasteiger partial charge in [0.25, 0.3) is 0 Å². The number of carbonyl (C=O) groups excluding carboxylic acids is 1. The van der Waals surface area contributed by atoms with Crippen molar-refractivity contribution in [1.82, 2.24) is 16.0 Å². The van der Waals surface area contributed by atoms with Crippen molar-refractivity contribution >= 4 is 35.8 Å². The van der Waals surface area contributed by atoms with Crippen LogP contribution in [-0.2, 0) is 4.79 Å². The summed E-state index contributed by atoms with van der Waals surface area (Å²) in [5.74, 6) is 1.95. The molecule has 1 amide bonds. The number of halogens is 1. The first-order valence-corrected chi connectivity index (χ1v) is 9.01. The van der Waals surface area contributed by atoms with Crippen molar-refractivity contribution in [3.63, 3.8) is 0 Å². The molecule has 0 radical (unpaired) electrons. The predicted octanol–water partition coefficient (Wildman–Crippen LogP) is 2.80. The number of amides is 1. The lowest BCUT2D eigenvalue weighted by atomic mass is 9.87. The van der Waals surface area contributed by atoms with Gasteiger partial charge in [0.05, 0.1) is 0 Å². The van der Waals surface area contributed by atoms with E-state index in [-0.39, 0.29) is 29.9 Å². The Labute approximate surface area is 157 Å². The molecule has 0 aromatic carbocycles. The van der Waals surface area contributed by atoms with E-state index in [1.54, 1.807) is 0 Å². The Bertz CT molecular complexity index is 377. The molecule has 5 nitrogen and oxygen atoms in total. The number of guanidine groups is 1. The Balaban J connectivity index is 0.00000264. The number of nitrogens with zero attached hydrogens (tertiary/aromatic N) is 1. The lowest BCUT2D eigenvalue weighted by molar-refractivity contribution is -0.121. The molecule has 0 aromatic heterocycles. The van der Waals surface area contributed by atoms with Gasteiger partial charge >= 0.3 is 0 Å². The third kappa shape index (κ3) is 8.77.